The number of ether oxygens (including phenoxy) is 1. The van der Waals surface area contributed by atoms with E-state index in [1.165, 1.54) is 0 Å². The fourth-order valence-electron chi connectivity index (χ4n) is 3.47. The van der Waals surface area contributed by atoms with Crippen LogP contribution in [0.1, 0.15) is 63.1 Å². The van der Waals surface area contributed by atoms with Crippen molar-refractivity contribution in [2.75, 3.05) is 12.4 Å². The number of aryl methyl sites for hydroxylation is 1. The summed E-state index contributed by atoms with van der Waals surface area (Å²) in [7, 11) is 1.76. The second-order valence-corrected chi connectivity index (χ2v) is 8.06. The first kappa shape index (κ1) is 18.6. The second-order valence-electron chi connectivity index (χ2n) is 8.06. The minimum Gasteiger partial charge on any atom is -0.381 e. The molecule has 2 atom stereocenters. The third-order valence-corrected chi connectivity index (χ3v) is 4.78. The minimum absolute atomic E-state index is 0.140. The number of carbonyl (C=O) groups excluding carboxylic acids is 1. The highest BCUT2D eigenvalue weighted by Crippen LogP contribution is 2.37. The molecule has 0 bridgehead atoms. The van der Waals surface area contributed by atoms with Gasteiger partial charge in [-0.15, -0.1) is 0 Å². The lowest BCUT2D eigenvalue weighted by atomic mass is 10.0. The van der Waals surface area contributed by atoms with E-state index in [0.29, 0.717) is 17.8 Å². The zero-order valence-corrected chi connectivity index (χ0v) is 16.2. The molecule has 7 heteroatoms. The largest absolute Gasteiger partial charge is 0.381 e. The van der Waals surface area contributed by atoms with Gasteiger partial charge >= 0.3 is 0 Å². The zero-order valence-electron chi connectivity index (χ0n) is 16.2. The van der Waals surface area contributed by atoms with E-state index < -0.39 is 0 Å². The maximum Gasteiger partial charge on any atom is 0.233 e. The van der Waals surface area contributed by atoms with Gasteiger partial charge in [0.2, 0.25) is 5.91 Å². The Labute approximate surface area is 154 Å². The van der Waals surface area contributed by atoms with Crippen LogP contribution in [0, 0.1) is 6.92 Å². The number of rotatable bonds is 5. The molecule has 26 heavy (non-hydrogen) atoms. The van der Waals surface area contributed by atoms with Gasteiger partial charge in [-0.05, 0) is 47.0 Å². The van der Waals surface area contributed by atoms with Crippen LogP contribution in [0.2, 0.25) is 0 Å². The fourth-order valence-corrected chi connectivity index (χ4v) is 3.47. The van der Waals surface area contributed by atoms with Gasteiger partial charge in [0, 0.05) is 25.2 Å². The highest BCUT2D eigenvalue weighted by Gasteiger charge is 2.30. The SMILES string of the molecule is CO[C@H]1CC[C@H](c2cc(NC(=O)Cc3cc(C)no3)n(C(C)(C)C)n2)C1. The number of carbonyl (C=O) groups is 1. The quantitative estimate of drug-likeness (QED) is 0.884. The van der Waals surface area contributed by atoms with Crippen molar-refractivity contribution in [1.29, 1.82) is 0 Å². The zero-order chi connectivity index (χ0) is 18.9. The second kappa shape index (κ2) is 7.23. The van der Waals surface area contributed by atoms with E-state index in [1.807, 2.05) is 17.7 Å². The number of hydrogen-bond donors (Lipinski definition) is 1. The number of hydrogen-bond acceptors (Lipinski definition) is 5. The fraction of sp³-hybridized carbons (Fsp3) is 0.632. The van der Waals surface area contributed by atoms with Crippen LogP contribution in [-0.2, 0) is 21.5 Å². The minimum atomic E-state index is -0.233. The first-order chi connectivity index (χ1) is 12.3. The van der Waals surface area contributed by atoms with Crippen molar-refractivity contribution in [2.45, 2.75) is 70.9 Å². The van der Waals surface area contributed by atoms with Gasteiger partial charge in [0.1, 0.15) is 11.6 Å². The monoisotopic (exact) mass is 360 g/mol. The molecule has 7 nitrogen and oxygen atoms in total. The van der Waals surface area contributed by atoms with Crippen LogP contribution in [0.15, 0.2) is 16.7 Å². The molecule has 1 amide bonds. The summed E-state index contributed by atoms with van der Waals surface area (Å²) < 4.78 is 12.5. The molecule has 2 heterocycles. The summed E-state index contributed by atoms with van der Waals surface area (Å²) in [6, 6.07) is 3.77. The summed E-state index contributed by atoms with van der Waals surface area (Å²) in [4.78, 5) is 12.4. The molecular formula is C19H28N4O3. The number of aromatic nitrogens is 3. The van der Waals surface area contributed by atoms with Crippen molar-refractivity contribution in [3.8, 4) is 0 Å². The van der Waals surface area contributed by atoms with Crippen molar-refractivity contribution >= 4 is 11.7 Å². The summed E-state index contributed by atoms with van der Waals surface area (Å²) in [6.45, 7) is 8.06. The molecule has 0 unspecified atom stereocenters. The van der Waals surface area contributed by atoms with Gasteiger partial charge in [-0.1, -0.05) is 5.16 Å². The molecule has 0 saturated heterocycles. The smallest absolute Gasteiger partial charge is 0.233 e. The van der Waals surface area contributed by atoms with Crippen molar-refractivity contribution in [3.05, 3.63) is 29.3 Å². The van der Waals surface area contributed by atoms with Gasteiger partial charge in [-0.25, -0.2) is 4.68 Å². The Balaban J connectivity index is 1.77. The molecule has 1 N–H and O–H groups in total. The number of amides is 1. The Morgan fingerprint density at radius 3 is 2.73 bits per heavy atom. The molecule has 2 aromatic heterocycles. The summed E-state index contributed by atoms with van der Waals surface area (Å²) in [5.74, 6) is 1.51. The van der Waals surface area contributed by atoms with Gasteiger partial charge in [-0.3, -0.25) is 4.79 Å². The molecule has 0 aliphatic heterocycles. The highest BCUT2D eigenvalue weighted by atomic mass is 16.5. The topological polar surface area (TPSA) is 82.2 Å². The number of methoxy groups -OCH3 is 1. The number of nitrogens with zero attached hydrogens (tertiary/aromatic N) is 3. The summed E-state index contributed by atoms with van der Waals surface area (Å²) in [6.07, 6.45) is 3.54. The Bertz CT molecular complexity index is 772. The number of anilines is 1. The lowest BCUT2D eigenvalue weighted by Crippen LogP contribution is -2.27. The molecule has 142 valence electrons. The van der Waals surface area contributed by atoms with E-state index in [2.05, 4.69) is 31.2 Å². The van der Waals surface area contributed by atoms with E-state index in [9.17, 15) is 4.79 Å². The van der Waals surface area contributed by atoms with Crippen molar-refractivity contribution < 1.29 is 14.1 Å². The molecule has 1 fully saturated rings. The van der Waals surface area contributed by atoms with Crippen molar-refractivity contribution in [3.63, 3.8) is 0 Å². The van der Waals surface area contributed by atoms with Gasteiger partial charge in [0.05, 0.1) is 29.5 Å². The predicted molar refractivity (Wildman–Crippen MR) is 98.2 cm³/mol. The van der Waals surface area contributed by atoms with Crippen LogP contribution in [0.3, 0.4) is 0 Å². The van der Waals surface area contributed by atoms with Crippen LogP contribution in [-0.4, -0.2) is 34.1 Å². The lowest BCUT2D eigenvalue weighted by Gasteiger charge is -2.22. The van der Waals surface area contributed by atoms with Crippen molar-refractivity contribution in [1.82, 2.24) is 14.9 Å². The molecule has 0 radical (unpaired) electrons. The van der Waals surface area contributed by atoms with E-state index in [1.54, 1.807) is 13.2 Å². The first-order valence-electron chi connectivity index (χ1n) is 9.11. The van der Waals surface area contributed by atoms with E-state index in [-0.39, 0.29) is 17.9 Å². The predicted octanol–water partition coefficient (Wildman–Crippen LogP) is 3.40. The lowest BCUT2D eigenvalue weighted by molar-refractivity contribution is -0.115. The third-order valence-electron chi connectivity index (χ3n) is 4.78. The molecule has 2 aromatic rings. The average Bonchev–Trinajstić information content (AvgIpc) is 3.25. The normalized spacial score (nSPS) is 20.5. The van der Waals surface area contributed by atoms with Crippen LogP contribution >= 0.6 is 0 Å². The maximum absolute atomic E-state index is 12.4. The Kier molecular flexibility index (Phi) is 5.18. The summed E-state index contributed by atoms with van der Waals surface area (Å²) in [5, 5.41) is 11.6. The van der Waals surface area contributed by atoms with Crippen LogP contribution in [0.25, 0.3) is 0 Å². The standard InChI is InChI=1S/C19H28N4O3/c1-12-8-15(26-22-12)10-18(24)20-17-11-16(21-23(17)19(2,3)4)13-6-7-14(9-13)25-5/h8,11,13-14H,6-7,9-10H2,1-5H3,(H,20,24)/t13-,14-/m0/s1. The number of nitrogens with one attached hydrogen (secondary N) is 1. The third kappa shape index (κ3) is 4.15. The molecular weight excluding hydrogens is 332 g/mol. The molecule has 1 saturated carbocycles. The van der Waals surface area contributed by atoms with Crippen LogP contribution in [0.5, 0.6) is 0 Å². The van der Waals surface area contributed by atoms with Gasteiger partial charge in [0.25, 0.3) is 0 Å². The van der Waals surface area contributed by atoms with Crippen molar-refractivity contribution in [2.24, 2.45) is 0 Å². The average molecular weight is 360 g/mol. The molecule has 1 aliphatic carbocycles. The van der Waals surface area contributed by atoms with Crippen LogP contribution < -0.4 is 5.32 Å². The Morgan fingerprint density at radius 2 is 2.15 bits per heavy atom. The molecule has 1 aliphatic rings. The molecule has 3 rings (SSSR count). The van der Waals surface area contributed by atoms with Gasteiger partial charge in [0.15, 0.2) is 0 Å². The van der Waals surface area contributed by atoms with E-state index in [4.69, 9.17) is 14.4 Å². The summed E-state index contributed by atoms with van der Waals surface area (Å²) >= 11 is 0. The van der Waals surface area contributed by atoms with E-state index >= 15 is 0 Å². The van der Waals surface area contributed by atoms with Gasteiger partial charge < -0.3 is 14.6 Å². The molecule has 0 spiro atoms. The first-order valence-corrected chi connectivity index (χ1v) is 9.11. The maximum atomic E-state index is 12.4. The van der Waals surface area contributed by atoms with Crippen LogP contribution in [0.4, 0.5) is 5.82 Å². The highest BCUT2D eigenvalue weighted by molar-refractivity contribution is 5.91. The summed E-state index contributed by atoms with van der Waals surface area (Å²) in [5.41, 5.74) is 1.55. The Morgan fingerprint density at radius 1 is 1.38 bits per heavy atom. The van der Waals surface area contributed by atoms with E-state index in [0.717, 1.165) is 36.5 Å². The van der Waals surface area contributed by atoms with Gasteiger partial charge in [-0.2, -0.15) is 5.10 Å². The Hall–Kier alpha value is -2.15. The molecule has 0 aromatic carbocycles.